The molecule has 3 aromatic rings. The van der Waals surface area contributed by atoms with Crippen LogP contribution in [-0.2, 0) is 20.7 Å². The van der Waals surface area contributed by atoms with E-state index in [1.165, 1.54) is 11.3 Å². The predicted molar refractivity (Wildman–Crippen MR) is 105 cm³/mol. The smallest absolute Gasteiger partial charge is 0.310 e. The van der Waals surface area contributed by atoms with E-state index in [0.29, 0.717) is 11.4 Å². The summed E-state index contributed by atoms with van der Waals surface area (Å²) in [5, 5.41) is 14.7. The van der Waals surface area contributed by atoms with Crippen LogP contribution < -0.4 is 5.32 Å². The summed E-state index contributed by atoms with van der Waals surface area (Å²) in [5.41, 5.74) is 2.90. The molecule has 2 aromatic carbocycles. The molecule has 0 saturated heterocycles. The van der Waals surface area contributed by atoms with Crippen molar-refractivity contribution in [3.05, 3.63) is 77.0 Å². The van der Waals surface area contributed by atoms with Crippen LogP contribution in [0.3, 0.4) is 0 Å². The number of carbonyl (C=O) groups excluding carboxylic acids is 2. The fourth-order valence-corrected chi connectivity index (χ4v) is 2.84. The van der Waals surface area contributed by atoms with Gasteiger partial charge in [0, 0.05) is 5.69 Å². The molecule has 27 heavy (non-hydrogen) atoms. The van der Waals surface area contributed by atoms with Crippen molar-refractivity contribution in [2.24, 2.45) is 10.2 Å². The van der Waals surface area contributed by atoms with Crippen LogP contribution >= 0.6 is 11.3 Å². The number of esters is 1. The minimum atomic E-state index is -0.430. The molecule has 0 radical (unpaired) electrons. The van der Waals surface area contributed by atoms with Crippen molar-refractivity contribution in [3.8, 4) is 0 Å². The number of ether oxygens (including phenoxy) is 1. The van der Waals surface area contributed by atoms with Crippen LogP contribution in [0, 0.1) is 0 Å². The maximum absolute atomic E-state index is 11.9. The van der Waals surface area contributed by atoms with Crippen LogP contribution in [-0.4, -0.2) is 18.5 Å². The van der Waals surface area contributed by atoms with Gasteiger partial charge in [0.05, 0.1) is 17.8 Å². The first-order valence-corrected chi connectivity index (χ1v) is 9.17. The highest BCUT2D eigenvalue weighted by molar-refractivity contribution is 7.08. The topological polar surface area (TPSA) is 80.1 Å². The number of nitrogens with zero attached hydrogens (tertiary/aromatic N) is 2. The first-order chi connectivity index (χ1) is 13.2. The molecule has 1 amide bonds. The Morgan fingerprint density at radius 3 is 2.30 bits per heavy atom. The Balaban J connectivity index is 1.45. The molecule has 0 atom stereocenters. The second-order valence-electron chi connectivity index (χ2n) is 5.60. The van der Waals surface area contributed by atoms with Crippen molar-refractivity contribution in [2.75, 3.05) is 11.9 Å². The van der Waals surface area contributed by atoms with Gasteiger partial charge in [0.2, 0.25) is 0 Å². The van der Waals surface area contributed by atoms with Crippen molar-refractivity contribution < 1.29 is 14.3 Å². The molecule has 1 heterocycles. The van der Waals surface area contributed by atoms with Gasteiger partial charge >= 0.3 is 5.97 Å². The van der Waals surface area contributed by atoms with Crippen molar-refractivity contribution in [1.82, 2.24) is 0 Å². The second kappa shape index (κ2) is 9.40. The van der Waals surface area contributed by atoms with Crippen molar-refractivity contribution >= 4 is 40.3 Å². The molecule has 0 aliphatic carbocycles. The number of hydrogen-bond acceptors (Lipinski definition) is 6. The standard InChI is InChI=1S/C20H17N3O3S/c24-19(13-26-20(25)12-15-10-11-27-14-15)21-16-6-8-18(9-7-16)23-22-17-4-2-1-3-5-17/h1-11,14H,12-13H2,(H,21,24). The second-order valence-corrected chi connectivity index (χ2v) is 6.38. The minimum absolute atomic E-state index is 0.165. The summed E-state index contributed by atoms with van der Waals surface area (Å²) in [6.07, 6.45) is 0.165. The lowest BCUT2D eigenvalue weighted by Gasteiger charge is -2.06. The third-order valence-electron chi connectivity index (χ3n) is 3.48. The first kappa shape index (κ1) is 18.5. The fourth-order valence-electron chi connectivity index (χ4n) is 2.18. The molecule has 136 valence electrons. The zero-order valence-corrected chi connectivity index (χ0v) is 15.2. The average Bonchev–Trinajstić information content (AvgIpc) is 3.20. The molecule has 0 aliphatic rings. The maximum Gasteiger partial charge on any atom is 0.310 e. The van der Waals surface area contributed by atoms with Gasteiger partial charge in [-0.1, -0.05) is 18.2 Å². The molecule has 1 N–H and O–H groups in total. The number of anilines is 1. The van der Waals surface area contributed by atoms with Crippen molar-refractivity contribution in [3.63, 3.8) is 0 Å². The van der Waals surface area contributed by atoms with E-state index in [2.05, 4.69) is 15.5 Å². The highest BCUT2D eigenvalue weighted by atomic mass is 32.1. The summed E-state index contributed by atoms with van der Waals surface area (Å²) in [6.45, 7) is -0.321. The number of thiophene rings is 1. The maximum atomic E-state index is 11.9. The Morgan fingerprint density at radius 2 is 1.63 bits per heavy atom. The van der Waals surface area contributed by atoms with Crippen LogP contribution in [0.2, 0.25) is 0 Å². The van der Waals surface area contributed by atoms with Crippen LogP contribution in [0.5, 0.6) is 0 Å². The van der Waals surface area contributed by atoms with Gasteiger partial charge in [-0.2, -0.15) is 21.6 Å². The molecular weight excluding hydrogens is 362 g/mol. The van der Waals surface area contributed by atoms with Gasteiger partial charge in [-0.25, -0.2) is 0 Å². The molecule has 3 rings (SSSR count). The van der Waals surface area contributed by atoms with Gasteiger partial charge < -0.3 is 10.1 Å². The zero-order valence-electron chi connectivity index (χ0n) is 14.4. The molecule has 0 unspecified atom stereocenters. The third kappa shape index (κ3) is 6.16. The minimum Gasteiger partial charge on any atom is -0.455 e. The molecule has 7 heteroatoms. The van der Waals surface area contributed by atoms with Gasteiger partial charge in [-0.3, -0.25) is 9.59 Å². The number of nitrogens with one attached hydrogen (secondary N) is 1. The van der Waals surface area contributed by atoms with Gasteiger partial charge in [-0.05, 0) is 58.8 Å². The van der Waals surface area contributed by atoms with Crippen LogP contribution in [0.25, 0.3) is 0 Å². The zero-order chi connectivity index (χ0) is 18.9. The normalized spacial score (nSPS) is 10.7. The Kier molecular flexibility index (Phi) is 6.43. The van der Waals surface area contributed by atoms with E-state index in [0.717, 1.165) is 11.3 Å². The molecule has 0 spiro atoms. The lowest BCUT2D eigenvalue weighted by Crippen LogP contribution is -2.21. The van der Waals surface area contributed by atoms with E-state index in [-0.39, 0.29) is 13.0 Å². The quantitative estimate of drug-likeness (QED) is 0.469. The van der Waals surface area contributed by atoms with Gasteiger partial charge in [-0.15, -0.1) is 0 Å². The van der Waals surface area contributed by atoms with E-state index >= 15 is 0 Å². The average molecular weight is 379 g/mol. The van der Waals surface area contributed by atoms with E-state index in [9.17, 15) is 9.59 Å². The van der Waals surface area contributed by atoms with Crippen LogP contribution in [0.15, 0.2) is 81.7 Å². The van der Waals surface area contributed by atoms with Crippen molar-refractivity contribution in [2.45, 2.75) is 6.42 Å². The van der Waals surface area contributed by atoms with Crippen LogP contribution in [0.4, 0.5) is 17.1 Å². The monoisotopic (exact) mass is 379 g/mol. The molecule has 0 bridgehead atoms. The van der Waals surface area contributed by atoms with Gasteiger partial charge in [0.25, 0.3) is 5.91 Å². The highest BCUT2D eigenvalue weighted by Crippen LogP contribution is 2.20. The number of azo groups is 1. The summed E-state index contributed by atoms with van der Waals surface area (Å²) in [7, 11) is 0. The Labute approximate surface area is 160 Å². The highest BCUT2D eigenvalue weighted by Gasteiger charge is 2.09. The van der Waals surface area contributed by atoms with Gasteiger partial charge in [0.1, 0.15) is 0 Å². The fraction of sp³-hybridized carbons (Fsp3) is 0.100. The summed E-state index contributed by atoms with van der Waals surface area (Å²) >= 11 is 1.51. The molecule has 0 aliphatic heterocycles. The number of rotatable bonds is 7. The number of hydrogen-bond donors (Lipinski definition) is 1. The van der Waals surface area contributed by atoms with Crippen LogP contribution in [0.1, 0.15) is 5.56 Å². The summed E-state index contributed by atoms with van der Waals surface area (Å²) in [5.74, 6) is -0.826. The van der Waals surface area contributed by atoms with E-state index < -0.39 is 11.9 Å². The van der Waals surface area contributed by atoms with E-state index in [1.54, 1.807) is 24.3 Å². The number of amides is 1. The number of carbonyl (C=O) groups is 2. The lowest BCUT2D eigenvalue weighted by atomic mass is 10.2. The summed E-state index contributed by atoms with van der Waals surface area (Å²) < 4.78 is 4.98. The van der Waals surface area contributed by atoms with Crippen molar-refractivity contribution in [1.29, 1.82) is 0 Å². The molecule has 0 saturated carbocycles. The van der Waals surface area contributed by atoms with Gasteiger partial charge in [0.15, 0.2) is 6.61 Å². The molecule has 0 fully saturated rings. The van der Waals surface area contributed by atoms with E-state index in [1.807, 2.05) is 47.2 Å². The molecular formula is C20H17N3O3S. The Hall–Kier alpha value is -3.32. The lowest BCUT2D eigenvalue weighted by molar-refractivity contribution is -0.146. The third-order valence-corrected chi connectivity index (χ3v) is 4.21. The number of benzene rings is 2. The molecule has 6 nitrogen and oxygen atoms in total. The predicted octanol–water partition coefficient (Wildman–Crippen LogP) is 4.89. The Morgan fingerprint density at radius 1 is 0.926 bits per heavy atom. The Bertz CT molecular complexity index is 907. The first-order valence-electron chi connectivity index (χ1n) is 8.22. The largest absolute Gasteiger partial charge is 0.455 e. The summed E-state index contributed by atoms with van der Waals surface area (Å²) in [6, 6.07) is 18.2. The SMILES string of the molecule is O=C(COC(=O)Cc1ccsc1)Nc1ccc(N=Nc2ccccc2)cc1. The van der Waals surface area contributed by atoms with E-state index in [4.69, 9.17) is 4.74 Å². The summed E-state index contributed by atoms with van der Waals surface area (Å²) in [4.78, 5) is 23.6. The molecule has 1 aromatic heterocycles.